The number of rotatable bonds is 4. The van der Waals surface area contributed by atoms with Crippen LogP contribution >= 0.6 is 0 Å². The number of hydrogen-bond acceptors (Lipinski definition) is 4. The highest BCUT2D eigenvalue weighted by atomic mass is 19.4. The lowest BCUT2D eigenvalue weighted by Crippen LogP contribution is -2.39. The number of alkyl halides is 5. The van der Waals surface area contributed by atoms with Gasteiger partial charge in [-0.05, 0) is 38.0 Å². The Hall–Kier alpha value is -2.59. The molecule has 32 heavy (non-hydrogen) atoms. The van der Waals surface area contributed by atoms with Crippen molar-refractivity contribution in [3.8, 4) is 0 Å². The van der Waals surface area contributed by atoms with Gasteiger partial charge in [0.1, 0.15) is 5.60 Å². The monoisotopic (exact) mass is 463 g/mol. The molecule has 11 heteroatoms. The summed E-state index contributed by atoms with van der Waals surface area (Å²) in [6.07, 6.45) is -8.92. The summed E-state index contributed by atoms with van der Waals surface area (Å²) in [6, 6.07) is 2.90. The van der Waals surface area contributed by atoms with E-state index < -0.39 is 49.1 Å². The number of carbonyl (C=O) groups is 2. The van der Waals surface area contributed by atoms with Crippen molar-refractivity contribution in [2.75, 3.05) is 31.1 Å². The highest BCUT2D eigenvalue weighted by Crippen LogP contribution is 2.46. The van der Waals surface area contributed by atoms with Crippen LogP contribution < -0.4 is 10.2 Å². The normalized spacial score (nSPS) is 18.5. The fourth-order valence-electron chi connectivity index (χ4n) is 4.14. The fraction of sp³-hybridized carbons (Fsp3) is 0.619. The third-order valence-corrected chi connectivity index (χ3v) is 5.26. The van der Waals surface area contributed by atoms with Crippen LogP contribution in [-0.2, 0) is 11.3 Å². The lowest BCUT2D eigenvalue weighted by molar-refractivity contribution is -0.138. The molecule has 6 nitrogen and oxygen atoms in total. The van der Waals surface area contributed by atoms with Crippen molar-refractivity contribution < 1.29 is 36.3 Å². The van der Waals surface area contributed by atoms with Crippen molar-refractivity contribution in [2.45, 2.75) is 57.9 Å². The molecule has 2 heterocycles. The second-order valence-corrected chi connectivity index (χ2v) is 9.00. The minimum atomic E-state index is -4.46. The van der Waals surface area contributed by atoms with Crippen molar-refractivity contribution in [3.05, 3.63) is 28.8 Å². The van der Waals surface area contributed by atoms with Crippen LogP contribution in [0.3, 0.4) is 0 Å². The molecule has 1 N–H and O–H groups in total. The molecule has 1 aromatic rings. The number of benzene rings is 1. The van der Waals surface area contributed by atoms with E-state index in [1.54, 1.807) is 31.7 Å². The molecule has 0 bridgehead atoms. The molecule has 1 unspecified atom stereocenters. The first kappa shape index (κ1) is 24.1. The molecular weight excluding hydrogens is 437 g/mol. The molecule has 3 rings (SSSR count). The third kappa shape index (κ3) is 5.60. The van der Waals surface area contributed by atoms with E-state index in [1.807, 2.05) is 0 Å². The van der Waals surface area contributed by atoms with Crippen molar-refractivity contribution in [1.82, 2.24) is 10.2 Å². The summed E-state index contributed by atoms with van der Waals surface area (Å²) in [6.45, 7) is 4.91. The van der Waals surface area contributed by atoms with Crippen molar-refractivity contribution in [2.24, 2.45) is 0 Å². The maximum atomic E-state index is 13.3. The zero-order valence-electron chi connectivity index (χ0n) is 18.1. The quantitative estimate of drug-likeness (QED) is 0.677. The van der Waals surface area contributed by atoms with Gasteiger partial charge in [0, 0.05) is 36.8 Å². The van der Waals surface area contributed by atoms with Crippen LogP contribution in [0.25, 0.3) is 0 Å². The zero-order chi connectivity index (χ0) is 23.8. The van der Waals surface area contributed by atoms with Crippen molar-refractivity contribution >= 4 is 17.7 Å². The van der Waals surface area contributed by atoms with Gasteiger partial charge in [-0.3, -0.25) is 4.79 Å². The smallest absolute Gasteiger partial charge is 0.410 e. The van der Waals surface area contributed by atoms with Crippen LogP contribution in [0.4, 0.5) is 32.4 Å². The highest BCUT2D eigenvalue weighted by Gasteiger charge is 2.42. The number of ether oxygens (including phenoxy) is 1. The van der Waals surface area contributed by atoms with Gasteiger partial charge in [-0.1, -0.05) is 6.07 Å². The molecule has 1 atom stereocenters. The number of hydrogen-bond donors (Lipinski definition) is 1. The first-order chi connectivity index (χ1) is 14.7. The fourth-order valence-corrected chi connectivity index (χ4v) is 4.14. The van der Waals surface area contributed by atoms with E-state index in [4.69, 9.17) is 4.74 Å². The SMILES string of the molecule is CC(C)(C)OC(=O)N1CCN2CC(CC(F)(F)F)c3c(C(=O)NCC(F)F)ccc(c32)C1. The summed E-state index contributed by atoms with van der Waals surface area (Å²) in [4.78, 5) is 28.3. The molecule has 0 fully saturated rings. The zero-order valence-corrected chi connectivity index (χ0v) is 18.1. The summed E-state index contributed by atoms with van der Waals surface area (Å²) >= 11 is 0. The summed E-state index contributed by atoms with van der Waals surface area (Å²) in [7, 11) is 0. The molecular formula is C21H26F5N3O3. The minimum absolute atomic E-state index is 0.0170. The van der Waals surface area contributed by atoms with Crippen molar-refractivity contribution in [3.63, 3.8) is 0 Å². The molecule has 0 saturated heterocycles. The standard InChI is InChI=1S/C21H26F5N3O3/c1-20(2,3)32-19(31)29-7-6-28-11-13(8-21(24,25)26)16-14(18(30)27-9-15(22)23)5-4-12(10-29)17(16)28/h4-5,13,15H,6-11H2,1-3H3,(H,27,30). The number of nitrogens with zero attached hydrogens (tertiary/aromatic N) is 2. The Kier molecular flexibility index (Phi) is 6.57. The molecule has 2 aliphatic heterocycles. The molecule has 2 aliphatic rings. The van der Waals surface area contributed by atoms with Gasteiger partial charge in [-0.2, -0.15) is 13.2 Å². The Balaban J connectivity index is 1.98. The molecule has 178 valence electrons. The summed E-state index contributed by atoms with van der Waals surface area (Å²) in [5, 5.41) is 2.08. The van der Waals surface area contributed by atoms with E-state index in [-0.39, 0.29) is 37.3 Å². The van der Waals surface area contributed by atoms with Gasteiger partial charge in [0.2, 0.25) is 0 Å². The average Bonchev–Trinajstić information content (AvgIpc) is 2.87. The maximum Gasteiger partial charge on any atom is 0.410 e. The highest BCUT2D eigenvalue weighted by molar-refractivity contribution is 5.98. The van der Waals surface area contributed by atoms with E-state index in [1.165, 1.54) is 11.0 Å². The Morgan fingerprint density at radius 2 is 1.88 bits per heavy atom. The number of amides is 2. The Bertz CT molecular complexity index is 883. The van der Waals surface area contributed by atoms with Crippen LogP contribution in [0.1, 0.15) is 54.6 Å². The Morgan fingerprint density at radius 3 is 2.47 bits per heavy atom. The lowest BCUT2D eigenvalue weighted by atomic mass is 9.90. The maximum absolute atomic E-state index is 13.3. The van der Waals surface area contributed by atoms with E-state index in [0.29, 0.717) is 11.3 Å². The Morgan fingerprint density at radius 1 is 1.19 bits per heavy atom. The van der Waals surface area contributed by atoms with E-state index >= 15 is 0 Å². The second kappa shape index (κ2) is 8.74. The number of carbonyl (C=O) groups excluding carboxylic acids is 2. The number of halogens is 5. The van der Waals surface area contributed by atoms with Crippen LogP contribution in [0.2, 0.25) is 0 Å². The molecule has 0 saturated carbocycles. The summed E-state index contributed by atoms with van der Waals surface area (Å²) in [5.74, 6) is -1.85. The van der Waals surface area contributed by atoms with Gasteiger partial charge in [-0.25, -0.2) is 13.6 Å². The minimum Gasteiger partial charge on any atom is -0.444 e. The van der Waals surface area contributed by atoms with Crippen molar-refractivity contribution in [1.29, 1.82) is 0 Å². The van der Waals surface area contributed by atoms with Gasteiger partial charge in [0.05, 0.1) is 19.5 Å². The Labute approximate surface area is 182 Å². The third-order valence-electron chi connectivity index (χ3n) is 5.26. The van der Waals surface area contributed by atoms with Crippen LogP contribution in [0.15, 0.2) is 12.1 Å². The second-order valence-electron chi connectivity index (χ2n) is 9.00. The first-order valence-electron chi connectivity index (χ1n) is 10.3. The van der Waals surface area contributed by atoms with E-state index in [0.717, 1.165) is 0 Å². The molecule has 0 spiro atoms. The van der Waals surface area contributed by atoms with Crippen LogP contribution in [0.5, 0.6) is 0 Å². The average molecular weight is 463 g/mol. The van der Waals surface area contributed by atoms with Gasteiger partial charge in [-0.15, -0.1) is 0 Å². The predicted octanol–water partition coefficient (Wildman–Crippen LogP) is 4.29. The van der Waals surface area contributed by atoms with Gasteiger partial charge in [0.25, 0.3) is 12.3 Å². The van der Waals surface area contributed by atoms with E-state index in [9.17, 15) is 31.5 Å². The molecule has 2 amide bonds. The largest absolute Gasteiger partial charge is 0.444 e. The van der Waals surface area contributed by atoms with Gasteiger partial charge < -0.3 is 19.9 Å². The van der Waals surface area contributed by atoms with E-state index in [2.05, 4.69) is 5.32 Å². The number of anilines is 1. The predicted molar refractivity (Wildman–Crippen MR) is 107 cm³/mol. The first-order valence-corrected chi connectivity index (χ1v) is 10.3. The number of nitrogens with one attached hydrogen (secondary N) is 1. The molecule has 1 aromatic carbocycles. The lowest BCUT2D eigenvalue weighted by Gasteiger charge is -2.27. The van der Waals surface area contributed by atoms with Gasteiger partial charge in [0.15, 0.2) is 0 Å². The van der Waals surface area contributed by atoms with Crippen LogP contribution in [-0.4, -0.2) is 61.3 Å². The molecule has 0 aromatic heterocycles. The molecule has 0 radical (unpaired) electrons. The summed E-state index contributed by atoms with van der Waals surface area (Å²) in [5.41, 5.74) is 0.483. The molecule has 0 aliphatic carbocycles. The van der Waals surface area contributed by atoms with Gasteiger partial charge >= 0.3 is 12.3 Å². The summed E-state index contributed by atoms with van der Waals surface area (Å²) < 4.78 is 70.3. The van der Waals surface area contributed by atoms with Crippen LogP contribution in [0, 0.1) is 0 Å². The topological polar surface area (TPSA) is 61.9 Å².